The minimum absolute atomic E-state index is 0.127. The van der Waals surface area contributed by atoms with E-state index in [-0.39, 0.29) is 17.6 Å². The third-order valence-corrected chi connectivity index (χ3v) is 2.81. The quantitative estimate of drug-likeness (QED) is 0.709. The van der Waals surface area contributed by atoms with E-state index in [9.17, 15) is 14.4 Å². The zero-order chi connectivity index (χ0) is 12.1. The van der Waals surface area contributed by atoms with Gasteiger partial charge < -0.3 is 10.1 Å². The predicted molar refractivity (Wildman–Crippen MR) is 56.6 cm³/mol. The van der Waals surface area contributed by atoms with Gasteiger partial charge in [0.2, 0.25) is 5.91 Å². The monoisotopic (exact) mass is 227 g/mol. The van der Waals surface area contributed by atoms with Crippen molar-refractivity contribution in [2.75, 3.05) is 7.11 Å². The van der Waals surface area contributed by atoms with Crippen molar-refractivity contribution in [3.05, 3.63) is 0 Å². The third kappa shape index (κ3) is 3.32. The first-order chi connectivity index (χ1) is 7.54. The highest BCUT2D eigenvalue weighted by atomic mass is 16.5. The molecule has 1 fully saturated rings. The van der Waals surface area contributed by atoms with Gasteiger partial charge in [0.05, 0.1) is 7.11 Å². The Bertz CT molecular complexity index is 300. The fraction of sp³-hybridized carbons (Fsp3) is 0.727. The first-order valence-corrected chi connectivity index (χ1v) is 5.41. The smallest absolute Gasteiger partial charge is 0.328 e. The van der Waals surface area contributed by atoms with E-state index < -0.39 is 12.0 Å². The van der Waals surface area contributed by atoms with Crippen LogP contribution in [0.4, 0.5) is 0 Å². The topological polar surface area (TPSA) is 72.5 Å². The standard InChI is InChI=1S/C11H17NO4/c1-7(13)12-10(11(15)16-2)8-4-3-5-9(14)6-8/h8,10H,3-6H2,1-2H3,(H,12,13)/t8-,10-/m0/s1. The number of esters is 1. The van der Waals surface area contributed by atoms with Crippen molar-refractivity contribution < 1.29 is 19.1 Å². The van der Waals surface area contributed by atoms with Gasteiger partial charge in [0, 0.05) is 19.8 Å². The molecule has 1 amide bonds. The Morgan fingerprint density at radius 1 is 1.50 bits per heavy atom. The van der Waals surface area contributed by atoms with Gasteiger partial charge in [-0.1, -0.05) is 0 Å². The van der Waals surface area contributed by atoms with Crippen LogP contribution in [0.5, 0.6) is 0 Å². The van der Waals surface area contributed by atoms with Crippen molar-refractivity contribution >= 4 is 17.7 Å². The number of methoxy groups -OCH3 is 1. The van der Waals surface area contributed by atoms with Crippen molar-refractivity contribution in [3.8, 4) is 0 Å². The average Bonchev–Trinajstić information content (AvgIpc) is 2.24. The van der Waals surface area contributed by atoms with Gasteiger partial charge in [-0.25, -0.2) is 4.79 Å². The number of rotatable bonds is 3. The summed E-state index contributed by atoms with van der Waals surface area (Å²) < 4.78 is 4.64. The molecular formula is C11H17NO4. The van der Waals surface area contributed by atoms with E-state index in [0.717, 1.165) is 12.8 Å². The molecule has 2 atom stereocenters. The summed E-state index contributed by atoms with van der Waals surface area (Å²) in [5.74, 6) is -0.739. The van der Waals surface area contributed by atoms with Crippen molar-refractivity contribution in [1.82, 2.24) is 5.32 Å². The molecule has 0 aromatic rings. The minimum Gasteiger partial charge on any atom is -0.467 e. The van der Waals surface area contributed by atoms with E-state index in [1.54, 1.807) is 0 Å². The van der Waals surface area contributed by atoms with Crippen molar-refractivity contribution in [2.45, 2.75) is 38.6 Å². The largest absolute Gasteiger partial charge is 0.467 e. The minimum atomic E-state index is -0.688. The molecule has 5 heteroatoms. The lowest BCUT2D eigenvalue weighted by Crippen LogP contribution is -2.47. The highest BCUT2D eigenvalue weighted by Gasteiger charge is 2.33. The molecule has 0 saturated heterocycles. The molecule has 5 nitrogen and oxygen atoms in total. The normalized spacial score (nSPS) is 22.4. The van der Waals surface area contributed by atoms with Gasteiger partial charge in [0.25, 0.3) is 0 Å². The zero-order valence-electron chi connectivity index (χ0n) is 9.62. The molecule has 1 N–H and O–H groups in total. The molecule has 0 aromatic heterocycles. The van der Waals surface area contributed by atoms with Crippen LogP contribution in [-0.2, 0) is 19.1 Å². The predicted octanol–water partition coefficient (Wildman–Crippen LogP) is 0.423. The van der Waals surface area contributed by atoms with Crippen molar-refractivity contribution in [1.29, 1.82) is 0 Å². The Kier molecular flexibility index (Phi) is 4.46. The number of carbonyl (C=O) groups excluding carboxylic acids is 3. The second kappa shape index (κ2) is 5.63. The van der Waals surface area contributed by atoms with E-state index in [2.05, 4.69) is 10.1 Å². The molecule has 1 saturated carbocycles. The summed E-state index contributed by atoms with van der Waals surface area (Å²) >= 11 is 0. The Morgan fingerprint density at radius 2 is 2.19 bits per heavy atom. The Balaban J connectivity index is 2.70. The van der Waals surface area contributed by atoms with E-state index in [1.165, 1.54) is 14.0 Å². The van der Waals surface area contributed by atoms with Gasteiger partial charge in [-0.15, -0.1) is 0 Å². The molecule has 0 unspecified atom stereocenters. The molecule has 0 aliphatic heterocycles. The van der Waals surface area contributed by atoms with Crippen LogP contribution in [0, 0.1) is 5.92 Å². The van der Waals surface area contributed by atoms with Gasteiger partial charge in [-0.05, 0) is 18.8 Å². The number of amides is 1. The number of carbonyl (C=O) groups is 3. The average molecular weight is 227 g/mol. The van der Waals surface area contributed by atoms with Crippen molar-refractivity contribution in [3.63, 3.8) is 0 Å². The third-order valence-electron chi connectivity index (χ3n) is 2.81. The van der Waals surface area contributed by atoms with Gasteiger partial charge in [-0.3, -0.25) is 9.59 Å². The summed E-state index contributed by atoms with van der Waals surface area (Å²) in [5.41, 5.74) is 0. The zero-order valence-corrected chi connectivity index (χ0v) is 9.62. The molecule has 1 aliphatic rings. The Morgan fingerprint density at radius 3 is 2.69 bits per heavy atom. The van der Waals surface area contributed by atoms with Gasteiger partial charge in [0.15, 0.2) is 0 Å². The molecule has 0 bridgehead atoms. The second-order valence-corrected chi connectivity index (χ2v) is 4.10. The van der Waals surface area contributed by atoms with Crippen LogP contribution in [-0.4, -0.2) is 30.8 Å². The maximum absolute atomic E-state index is 11.5. The van der Waals surface area contributed by atoms with Crippen LogP contribution in [0.15, 0.2) is 0 Å². The lowest BCUT2D eigenvalue weighted by atomic mass is 9.83. The highest BCUT2D eigenvalue weighted by Crippen LogP contribution is 2.25. The summed E-state index contributed by atoms with van der Waals surface area (Å²) in [4.78, 5) is 33.8. The molecule has 0 aromatic carbocycles. The van der Waals surface area contributed by atoms with Crippen LogP contribution in [0.1, 0.15) is 32.6 Å². The first kappa shape index (κ1) is 12.7. The number of ketones is 1. The van der Waals surface area contributed by atoms with Crippen LogP contribution in [0.2, 0.25) is 0 Å². The lowest BCUT2D eigenvalue weighted by molar-refractivity contribution is -0.147. The summed E-state index contributed by atoms with van der Waals surface area (Å²) in [6.45, 7) is 1.35. The SMILES string of the molecule is COC(=O)[C@@H](NC(C)=O)[C@H]1CCCC(=O)C1. The first-order valence-electron chi connectivity index (χ1n) is 5.41. The molecular weight excluding hydrogens is 210 g/mol. The maximum Gasteiger partial charge on any atom is 0.328 e. The summed E-state index contributed by atoms with van der Waals surface area (Å²) in [6.07, 6.45) is 2.47. The van der Waals surface area contributed by atoms with Gasteiger partial charge in [-0.2, -0.15) is 0 Å². The second-order valence-electron chi connectivity index (χ2n) is 4.10. The Labute approximate surface area is 94.5 Å². The van der Waals surface area contributed by atoms with Crippen LogP contribution < -0.4 is 5.32 Å². The van der Waals surface area contributed by atoms with Gasteiger partial charge in [0.1, 0.15) is 11.8 Å². The fourth-order valence-electron chi connectivity index (χ4n) is 2.06. The summed E-state index contributed by atoms with van der Waals surface area (Å²) in [6, 6.07) is -0.688. The summed E-state index contributed by atoms with van der Waals surface area (Å²) in [7, 11) is 1.28. The van der Waals surface area contributed by atoms with E-state index in [1.807, 2.05) is 0 Å². The number of hydrogen-bond acceptors (Lipinski definition) is 4. The van der Waals surface area contributed by atoms with Crippen LogP contribution >= 0.6 is 0 Å². The Hall–Kier alpha value is -1.39. The number of Topliss-reactive ketones (excluding diaryl/α,β-unsaturated/α-hetero) is 1. The maximum atomic E-state index is 11.5. The van der Waals surface area contributed by atoms with E-state index in [0.29, 0.717) is 12.8 Å². The fourth-order valence-corrected chi connectivity index (χ4v) is 2.06. The molecule has 90 valence electrons. The molecule has 1 rings (SSSR count). The van der Waals surface area contributed by atoms with Gasteiger partial charge >= 0.3 is 5.97 Å². The summed E-state index contributed by atoms with van der Waals surface area (Å²) in [5, 5.41) is 2.56. The lowest BCUT2D eigenvalue weighted by Gasteiger charge is -2.27. The van der Waals surface area contributed by atoms with E-state index in [4.69, 9.17) is 0 Å². The number of nitrogens with one attached hydrogen (secondary N) is 1. The molecule has 0 radical (unpaired) electrons. The van der Waals surface area contributed by atoms with E-state index >= 15 is 0 Å². The molecule has 0 heterocycles. The highest BCUT2D eigenvalue weighted by molar-refractivity contribution is 5.85. The molecule has 1 aliphatic carbocycles. The van der Waals surface area contributed by atoms with Crippen LogP contribution in [0.3, 0.4) is 0 Å². The number of hydrogen-bond donors (Lipinski definition) is 1. The van der Waals surface area contributed by atoms with Crippen LogP contribution in [0.25, 0.3) is 0 Å². The molecule has 0 spiro atoms. The van der Waals surface area contributed by atoms with Crippen molar-refractivity contribution in [2.24, 2.45) is 5.92 Å². The molecule has 16 heavy (non-hydrogen) atoms. The number of ether oxygens (including phenoxy) is 1.